The Kier molecular flexibility index (Phi) is 11.8. The zero-order valence-corrected chi connectivity index (χ0v) is 22.9. The number of alkyl halides is 1. The van der Waals surface area contributed by atoms with Crippen molar-refractivity contribution in [3.63, 3.8) is 0 Å². The van der Waals surface area contributed by atoms with E-state index in [2.05, 4.69) is 15.9 Å². The van der Waals surface area contributed by atoms with E-state index in [1.807, 2.05) is 0 Å². The zero-order chi connectivity index (χ0) is 28.7. The molecule has 2 N–H and O–H groups in total. The van der Waals surface area contributed by atoms with Gasteiger partial charge in [0.2, 0.25) is 0 Å². The topological polar surface area (TPSA) is 200 Å². The molecule has 2 aliphatic heterocycles. The second-order valence-electron chi connectivity index (χ2n) is 8.45. The summed E-state index contributed by atoms with van der Waals surface area (Å²) >= 11 is 3.18. The molecule has 0 aliphatic carbocycles. The smallest absolute Gasteiger partial charge is 0.303 e. The summed E-state index contributed by atoms with van der Waals surface area (Å²) in [4.78, 5) is 58.8. The van der Waals surface area contributed by atoms with E-state index < -0.39 is 97.9 Å². The van der Waals surface area contributed by atoms with Crippen molar-refractivity contribution in [3.8, 4) is 0 Å². The van der Waals surface area contributed by atoms with Crippen molar-refractivity contribution in [2.45, 2.75) is 96.0 Å². The molecule has 0 bridgehead atoms. The molecule has 0 aromatic rings. The first-order valence-corrected chi connectivity index (χ1v) is 12.6. The largest absolute Gasteiger partial charge is 0.463 e. The summed E-state index contributed by atoms with van der Waals surface area (Å²) in [5.41, 5.74) is 0. The molecule has 16 heteroatoms. The van der Waals surface area contributed by atoms with Crippen LogP contribution in [0.5, 0.6) is 0 Å². The minimum atomic E-state index is -1.83. The summed E-state index contributed by atoms with van der Waals surface area (Å²) in [7, 11) is 0. The van der Waals surface area contributed by atoms with Crippen molar-refractivity contribution in [3.05, 3.63) is 0 Å². The molecule has 0 spiro atoms. The molecular formula is C22H31BrO15. The highest BCUT2D eigenvalue weighted by molar-refractivity contribution is 9.09. The van der Waals surface area contributed by atoms with E-state index in [1.165, 1.54) is 0 Å². The number of aliphatic hydroxyl groups is 2. The van der Waals surface area contributed by atoms with Crippen LogP contribution in [0, 0.1) is 0 Å². The second kappa shape index (κ2) is 14.1. The number of rotatable bonds is 9. The third-order valence-corrected chi connectivity index (χ3v) is 5.97. The lowest BCUT2D eigenvalue weighted by Gasteiger charge is -2.47. The fourth-order valence-electron chi connectivity index (χ4n) is 3.96. The highest BCUT2D eigenvalue weighted by atomic mass is 79.9. The predicted molar refractivity (Wildman–Crippen MR) is 123 cm³/mol. The molecule has 0 aromatic carbocycles. The van der Waals surface area contributed by atoms with Crippen LogP contribution in [0.1, 0.15) is 34.6 Å². The lowest BCUT2D eigenvalue weighted by molar-refractivity contribution is -0.353. The third-order valence-electron chi connectivity index (χ3n) is 5.33. The maximum absolute atomic E-state index is 12.0. The fraction of sp³-hybridized carbons (Fsp3) is 0.773. The Morgan fingerprint density at radius 1 is 0.658 bits per heavy atom. The van der Waals surface area contributed by atoms with Crippen LogP contribution in [0.2, 0.25) is 0 Å². The number of ether oxygens (including phenoxy) is 8. The van der Waals surface area contributed by atoms with Gasteiger partial charge in [-0.15, -0.1) is 0 Å². The standard InChI is InChI=1S/C22H31BrO15/c1-8(24)31-7-14-16(18(33-10(3)26)19(21(30)36-14)34-11(4)27)38-22-20(35-12(5)28)17(32-9(2)25)15(29)13(6-23)37-22/h13-22,29-30H,6-7H2,1-5H3/t13?,14?,15-,16-,17+,18+,19?,20?,21-,22-/m1/s1. The number of carbonyl (C=O) groups excluding carboxylic acids is 5. The van der Waals surface area contributed by atoms with Crippen LogP contribution < -0.4 is 0 Å². The van der Waals surface area contributed by atoms with Crippen molar-refractivity contribution in [2.75, 3.05) is 11.9 Å². The number of hydrogen-bond acceptors (Lipinski definition) is 15. The molecule has 2 heterocycles. The highest BCUT2D eigenvalue weighted by Gasteiger charge is 2.55. The molecule has 2 saturated heterocycles. The van der Waals surface area contributed by atoms with E-state index >= 15 is 0 Å². The fourth-order valence-corrected chi connectivity index (χ4v) is 4.50. The minimum Gasteiger partial charge on any atom is -0.463 e. The van der Waals surface area contributed by atoms with Gasteiger partial charge in [0.15, 0.2) is 37.0 Å². The molecule has 2 rings (SSSR count). The maximum Gasteiger partial charge on any atom is 0.303 e. The summed E-state index contributed by atoms with van der Waals surface area (Å²) in [5, 5.41) is 21.2. The molecule has 216 valence electrons. The second-order valence-corrected chi connectivity index (χ2v) is 9.10. The van der Waals surface area contributed by atoms with Crippen molar-refractivity contribution in [2.24, 2.45) is 0 Å². The molecule has 38 heavy (non-hydrogen) atoms. The Bertz CT molecular complexity index is 881. The van der Waals surface area contributed by atoms with E-state index in [9.17, 15) is 34.2 Å². The van der Waals surface area contributed by atoms with E-state index in [1.54, 1.807) is 0 Å². The summed E-state index contributed by atoms with van der Waals surface area (Å²) in [6.07, 6.45) is -14.8. The molecule has 4 unspecified atom stereocenters. The van der Waals surface area contributed by atoms with E-state index in [0.717, 1.165) is 34.6 Å². The summed E-state index contributed by atoms with van der Waals surface area (Å²) in [6, 6.07) is 0. The molecule has 2 aliphatic rings. The molecule has 0 saturated carbocycles. The van der Waals surface area contributed by atoms with E-state index in [-0.39, 0.29) is 5.33 Å². The maximum atomic E-state index is 12.0. The monoisotopic (exact) mass is 614 g/mol. The van der Waals surface area contributed by atoms with Gasteiger partial charge in [0.25, 0.3) is 0 Å². The molecule has 0 amide bonds. The first-order valence-electron chi connectivity index (χ1n) is 11.5. The number of aliphatic hydroxyl groups excluding tert-OH is 2. The number of esters is 5. The van der Waals surface area contributed by atoms with Crippen LogP contribution in [0.3, 0.4) is 0 Å². The Morgan fingerprint density at radius 2 is 1.16 bits per heavy atom. The summed E-state index contributed by atoms with van der Waals surface area (Å²) in [5.74, 6) is -4.05. The number of carbonyl (C=O) groups is 5. The number of hydrogen-bond donors (Lipinski definition) is 2. The van der Waals surface area contributed by atoms with Gasteiger partial charge < -0.3 is 48.1 Å². The first kappa shape index (κ1) is 31.8. The van der Waals surface area contributed by atoms with Gasteiger partial charge in [-0.1, -0.05) is 15.9 Å². The Labute approximate surface area is 226 Å². The van der Waals surface area contributed by atoms with Crippen LogP contribution >= 0.6 is 15.9 Å². The van der Waals surface area contributed by atoms with E-state index in [4.69, 9.17) is 37.9 Å². The lowest BCUT2D eigenvalue weighted by atomic mass is 9.96. The quantitative estimate of drug-likeness (QED) is 0.179. The molecule has 0 aromatic heterocycles. The van der Waals surface area contributed by atoms with Crippen molar-refractivity contribution in [1.82, 2.24) is 0 Å². The zero-order valence-electron chi connectivity index (χ0n) is 21.3. The van der Waals surface area contributed by atoms with Gasteiger partial charge in [-0.2, -0.15) is 0 Å². The van der Waals surface area contributed by atoms with Crippen LogP contribution in [0.15, 0.2) is 0 Å². The van der Waals surface area contributed by atoms with Gasteiger partial charge >= 0.3 is 29.8 Å². The molecule has 2 fully saturated rings. The summed E-state index contributed by atoms with van der Waals surface area (Å²) in [6.45, 7) is 4.85. The van der Waals surface area contributed by atoms with Crippen LogP contribution in [-0.4, -0.2) is 113 Å². The van der Waals surface area contributed by atoms with Crippen LogP contribution in [-0.2, 0) is 61.9 Å². The molecule has 10 atom stereocenters. The SMILES string of the molecule is CC(=O)OCC1O[C@@H](O)C(OC(C)=O)[C@@H](OC(C)=O)[C@@H]1O[C@H]1OC(CBr)[C@@H](O)[C@H](OC(C)=O)C1OC(C)=O. The Morgan fingerprint density at radius 3 is 1.66 bits per heavy atom. The first-order chi connectivity index (χ1) is 17.7. The highest BCUT2D eigenvalue weighted by Crippen LogP contribution is 2.34. The van der Waals surface area contributed by atoms with Gasteiger partial charge in [-0.25, -0.2) is 0 Å². The van der Waals surface area contributed by atoms with Gasteiger partial charge in [0, 0.05) is 39.9 Å². The third kappa shape index (κ3) is 8.57. The molecular weight excluding hydrogens is 584 g/mol. The van der Waals surface area contributed by atoms with Gasteiger partial charge in [0.1, 0.15) is 31.0 Å². The molecule has 0 radical (unpaired) electrons. The van der Waals surface area contributed by atoms with Crippen molar-refractivity contribution < 1.29 is 72.1 Å². The van der Waals surface area contributed by atoms with Crippen molar-refractivity contribution in [1.29, 1.82) is 0 Å². The predicted octanol–water partition coefficient (Wildman–Crippen LogP) is -1.14. The van der Waals surface area contributed by atoms with Crippen molar-refractivity contribution >= 4 is 45.8 Å². The summed E-state index contributed by atoms with van der Waals surface area (Å²) < 4.78 is 43.2. The van der Waals surface area contributed by atoms with Gasteiger partial charge in [-0.3, -0.25) is 24.0 Å². The lowest BCUT2D eigenvalue weighted by Crippen LogP contribution is -2.66. The van der Waals surface area contributed by atoms with Crippen LogP contribution in [0.25, 0.3) is 0 Å². The number of halogens is 1. The Balaban J connectivity index is 2.54. The average Bonchev–Trinajstić information content (AvgIpc) is 2.79. The van der Waals surface area contributed by atoms with Gasteiger partial charge in [0.05, 0.1) is 0 Å². The van der Waals surface area contributed by atoms with Gasteiger partial charge in [-0.05, 0) is 0 Å². The average molecular weight is 615 g/mol. The minimum absolute atomic E-state index is 0.0266. The Hall–Kier alpha value is -2.37. The van der Waals surface area contributed by atoms with E-state index in [0.29, 0.717) is 0 Å². The molecule has 15 nitrogen and oxygen atoms in total. The van der Waals surface area contributed by atoms with Crippen LogP contribution in [0.4, 0.5) is 0 Å². The normalized spacial score (nSPS) is 34.9.